The average Bonchev–Trinajstić information content (AvgIpc) is 3.33. The molecule has 2 saturated heterocycles. The predicted molar refractivity (Wildman–Crippen MR) is 88.1 cm³/mol. The van der Waals surface area contributed by atoms with E-state index in [1.54, 1.807) is 28.0 Å². The normalized spacial score (nSPS) is 23.0. The second-order valence-corrected chi connectivity index (χ2v) is 6.84. The van der Waals surface area contributed by atoms with Gasteiger partial charge in [0.25, 0.3) is 5.91 Å². The van der Waals surface area contributed by atoms with E-state index in [-0.39, 0.29) is 17.6 Å². The summed E-state index contributed by atoms with van der Waals surface area (Å²) < 4.78 is 18.5. The van der Waals surface area contributed by atoms with E-state index < -0.39 is 5.41 Å². The maximum Gasteiger partial charge on any atom is 0.289 e. The molecule has 5 nitrogen and oxygen atoms in total. The third-order valence-corrected chi connectivity index (χ3v) is 5.24. The van der Waals surface area contributed by atoms with Crippen molar-refractivity contribution in [2.75, 3.05) is 19.6 Å². The Morgan fingerprint density at radius 2 is 2.04 bits per heavy atom. The fourth-order valence-electron chi connectivity index (χ4n) is 3.88. The smallest absolute Gasteiger partial charge is 0.289 e. The van der Waals surface area contributed by atoms with E-state index in [1.165, 1.54) is 18.4 Å². The number of rotatable bonds is 3. The molecule has 1 spiro atoms. The van der Waals surface area contributed by atoms with Gasteiger partial charge in [0.15, 0.2) is 5.76 Å². The van der Waals surface area contributed by atoms with Crippen molar-refractivity contribution in [2.24, 2.45) is 5.41 Å². The molecule has 4 rings (SSSR count). The van der Waals surface area contributed by atoms with E-state index in [0.717, 1.165) is 12.0 Å². The molecule has 2 fully saturated rings. The highest BCUT2D eigenvalue weighted by Gasteiger charge is 2.51. The third-order valence-electron chi connectivity index (χ3n) is 5.24. The highest BCUT2D eigenvalue weighted by atomic mass is 19.1. The van der Waals surface area contributed by atoms with Gasteiger partial charge in [0.1, 0.15) is 5.82 Å². The predicted octanol–water partition coefficient (Wildman–Crippen LogP) is 2.68. The van der Waals surface area contributed by atoms with Crippen LogP contribution in [-0.2, 0) is 11.3 Å². The molecule has 1 aromatic heterocycles. The van der Waals surface area contributed by atoms with Gasteiger partial charge < -0.3 is 14.2 Å². The summed E-state index contributed by atoms with van der Waals surface area (Å²) in [4.78, 5) is 28.8. The molecule has 0 saturated carbocycles. The third kappa shape index (κ3) is 2.81. The zero-order valence-electron chi connectivity index (χ0n) is 13.8. The van der Waals surface area contributed by atoms with Crippen molar-refractivity contribution in [2.45, 2.75) is 19.4 Å². The largest absolute Gasteiger partial charge is 0.459 e. The summed E-state index contributed by atoms with van der Waals surface area (Å²) in [5.74, 6) is -0.0983. The van der Waals surface area contributed by atoms with Gasteiger partial charge in [-0.15, -0.1) is 0 Å². The van der Waals surface area contributed by atoms with Crippen LogP contribution in [0.4, 0.5) is 4.39 Å². The number of amides is 2. The van der Waals surface area contributed by atoms with Crippen molar-refractivity contribution in [3.05, 3.63) is 59.8 Å². The molecule has 0 bridgehead atoms. The molecule has 1 atom stereocenters. The van der Waals surface area contributed by atoms with Crippen molar-refractivity contribution >= 4 is 11.8 Å². The van der Waals surface area contributed by atoms with E-state index >= 15 is 0 Å². The quantitative estimate of drug-likeness (QED) is 0.862. The van der Waals surface area contributed by atoms with E-state index in [9.17, 15) is 14.0 Å². The Hall–Kier alpha value is -2.63. The Kier molecular flexibility index (Phi) is 3.82. The van der Waals surface area contributed by atoms with Crippen molar-refractivity contribution in [3.8, 4) is 0 Å². The lowest BCUT2D eigenvalue weighted by Gasteiger charge is -2.23. The van der Waals surface area contributed by atoms with Crippen LogP contribution in [0.5, 0.6) is 0 Å². The van der Waals surface area contributed by atoms with Crippen LogP contribution in [0.25, 0.3) is 0 Å². The minimum absolute atomic E-state index is 0.0616. The Bertz CT molecular complexity index is 805. The summed E-state index contributed by atoms with van der Waals surface area (Å²) in [5.41, 5.74) is 0.280. The van der Waals surface area contributed by atoms with Crippen LogP contribution < -0.4 is 0 Å². The molecule has 3 heterocycles. The van der Waals surface area contributed by atoms with Gasteiger partial charge in [0.05, 0.1) is 11.7 Å². The Morgan fingerprint density at radius 3 is 2.80 bits per heavy atom. The lowest BCUT2D eigenvalue weighted by Crippen LogP contribution is -2.38. The second-order valence-electron chi connectivity index (χ2n) is 6.84. The topological polar surface area (TPSA) is 53.8 Å². The molecule has 2 aliphatic heterocycles. The van der Waals surface area contributed by atoms with Gasteiger partial charge in [0.2, 0.25) is 5.91 Å². The number of carbonyl (C=O) groups excluding carboxylic acids is 2. The SMILES string of the molecule is O=C(c1ccco1)N1CC[C@@]2(CCN(Cc3cccc(F)c3)C2=O)C1. The first-order chi connectivity index (χ1) is 12.1. The van der Waals surface area contributed by atoms with Gasteiger partial charge in [-0.3, -0.25) is 9.59 Å². The molecule has 2 amide bonds. The molecule has 2 aliphatic rings. The molecule has 2 aromatic rings. The van der Waals surface area contributed by atoms with Gasteiger partial charge in [0, 0.05) is 26.2 Å². The molecule has 25 heavy (non-hydrogen) atoms. The van der Waals surface area contributed by atoms with Crippen LogP contribution in [0.15, 0.2) is 47.1 Å². The van der Waals surface area contributed by atoms with Gasteiger partial charge in [-0.05, 0) is 42.7 Å². The number of benzene rings is 1. The lowest BCUT2D eigenvalue weighted by molar-refractivity contribution is -0.135. The number of furan rings is 1. The maximum atomic E-state index is 13.4. The number of hydrogen-bond acceptors (Lipinski definition) is 3. The summed E-state index contributed by atoms with van der Waals surface area (Å²) in [5, 5.41) is 0. The average molecular weight is 342 g/mol. The Labute approximate surface area is 145 Å². The second kappa shape index (κ2) is 6.02. The molecule has 0 radical (unpaired) electrons. The summed E-state index contributed by atoms with van der Waals surface area (Å²) in [6, 6.07) is 9.65. The van der Waals surface area contributed by atoms with Crippen LogP contribution in [-0.4, -0.2) is 41.2 Å². The van der Waals surface area contributed by atoms with Crippen LogP contribution >= 0.6 is 0 Å². The van der Waals surface area contributed by atoms with E-state index in [0.29, 0.717) is 38.4 Å². The number of carbonyl (C=O) groups is 2. The first-order valence-electron chi connectivity index (χ1n) is 8.44. The number of hydrogen-bond donors (Lipinski definition) is 0. The zero-order chi connectivity index (χ0) is 17.4. The fourth-order valence-corrected chi connectivity index (χ4v) is 3.88. The van der Waals surface area contributed by atoms with E-state index in [4.69, 9.17) is 4.42 Å². The number of halogens is 1. The zero-order valence-corrected chi connectivity index (χ0v) is 13.8. The molecular formula is C19H19FN2O3. The standard InChI is InChI=1S/C19H19FN2O3/c20-15-4-1-3-14(11-15)12-21-8-6-19(18(21)24)7-9-22(13-19)17(23)16-5-2-10-25-16/h1-5,10-11H,6-9,12-13H2/t19-/m0/s1. The highest BCUT2D eigenvalue weighted by Crippen LogP contribution is 2.41. The van der Waals surface area contributed by atoms with Crippen molar-refractivity contribution in [1.29, 1.82) is 0 Å². The summed E-state index contributed by atoms with van der Waals surface area (Å²) in [6.45, 7) is 2.02. The summed E-state index contributed by atoms with van der Waals surface area (Å²) >= 11 is 0. The molecule has 1 aromatic carbocycles. The number of likely N-dealkylation sites (tertiary alicyclic amines) is 2. The van der Waals surface area contributed by atoms with Crippen LogP contribution in [0.2, 0.25) is 0 Å². The lowest BCUT2D eigenvalue weighted by atomic mass is 9.85. The Morgan fingerprint density at radius 1 is 1.20 bits per heavy atom. The van der Waals surface area contributed by atoms with Crippen molar-refractivity contribution in [1.82, 2.24) is 9.80 Å². The maximum absolute atomic E-state index is 13.4. The van der Waals surface area contributed by atoms with Crippen molar-refractivity contribution < 1.29 is 18.4 Å². The minimum atomic E-state index is -0.504. The molecular weight excluding hydrogens is 323 g/mol. The van der Waals surface area contributed by atoms with Gasteiger partial charge >= 0.3 is 0 Å². The monoisotopic (exact) mass is 342 g/mol. The van der Waals surface area contributed by atoms with Crippen molar-refractivity contribution in [3.63, 3.8) is 0 Å². The molecule has 6 heteroatoms. The molecule has 0 N–H and O–H groups in total. The molecule has 130 valence electrons. The molecule has 0 unspecified atom stereocenters. The van der Waals surface area contributed by atoms with Gasteiger partial charge in [-0.25, -0.2) is 4.39 Å². The first-order valence-corrected chi connectivity index (χ1v) is 8.44. The summed E-state index contributed by atoms with van der Waals surface area (Å²) in [6.07, 6.45) is 2.86. The highest BCUT2D eigenvalue weighted by molar-refractivity contribution is 5.93. The summed E-state index contributed by atoms with van der Waals surface area (Å²) in [7, 11) is 0. The van der Waals surface area contributed by atoms with Crippen LogP contribution in [0.1, 0.15) is 29.0 Å². The Balaban J connectivity index is 1.45. The van der Waals surface area contributed by atoms with Crippen LogP contribution in [0.3, 0.4) is 0 Å². The van der Waals surface area contributed by atoms with Gasteiger partial charge in [-0.1, -0.05) is 12.1 Å². The fraction of sp³-hybridized carbons (Fsp3) is 0.368. The van der Waals surface area contributed by atoms with E-state index in [1.807, 2.05) is 6.07 Å². The minimum Gasteiger partial charge on any atom is -0.459 e. The first kappa shape index (κ1) is 15.9. The molecule has 0 aliphatic carbocycles. The van der Waals surface area contributed by atoms with Gasteiger partial charge in [-0.2, -0.15) is 0 Å². The van der Waals surface area contributed by atoms with E-state index in [2.05, 4.69) is 0 Å². The van der Waals surface area contributed by atoms with Crippen LogP contribution in [0, 0.1) is 11.2 Å². The number of nitrogens with zero attached hydrogens (tertiary/aromatic N) is 2.